The van der Waals surface area contributed by atoms with Crippen molar-refractivity contribution in [1.29, 1.82) is 0 Å². The van der Waals surface area contributed by atoms with Crippen molar-refractivity contribution in [2.45, 2.75) is 38.4 Å². The lowest BCUT2D eigenvalue weighted by atomic mass is 10.1. The molecular formula is C17H18ClN7O8S. The van der Waals surface area contributed by atoms with E-state index in [1.807, 2.05) is 0 Å². The SMILES string of the molecule is CC(=O)OC[C@H]1O[C@@H](n2cnc3c(N)nc(Cl)nc32)[C@H](OS(=O)(=O)n2ccnc2)[C@@H]1OC(C)=O. The largest absolute Gasteiger partial charge is 0.463 e. The van der Waals surface area contributed by atoms with E-state index in [4.69, 9.17) is 35.7 Å². The van der Waals surface area contributed by atoms with Crippen LogP contribution in [0.2, 0.25) is 5.28 Å². The number of hydrogen-bond acceptors (Lipinski definition) is 13. The summed E-state index contributed by atoms with van der Waals surface area (Å²) >= 11 is 5.93. The maximum Gasteiger partial charge on any atom is 0.367 e. The average molecular weight is 516 g/mol. The second kappa shape index (κ2) is 9.13. The number of aromatic nitrogens is 6. The molecule has 2 N–H and O–H groups in total. The molecule has 1 aliphatic heterocycles. The maximum atomic E-state index is 12.9. The number of carbonyl (C=O) groups is 2. The molecular weight excluding hydrogens is 498 g/mol. The lowest BCUT2D eigenvalue weighted by Crippen LogP contribution is -2.41. The smallest absolute Gasteiger partial charge is 0.367 e. The van der Waals surface area contributed by atoms with Gasteiger partial charge in [0.2, 0.25) is 5.28 Å². The van der Waals surface area contributed by atoms with Crippen LogP contribution in [0, 0.1) is 0 Å². The van der Waals surface area contributed by atoms with E-state index in [-0.39, 0.29) is 28.9 Å². The fourth-order valence-corrected chi connectivity index (χ4v) is 4.50. The van der Waals surface area contributed by atoms with E-state index < -0.39 is 46.8 Å². The van der Waals surface area contributed by atoms with Crippen molar-refractivity contribution in [2.75, 3.05) is 12.3 Å². The number of fused-ring (bicyclic) bond motifs is 1. The fourth-order valence-electron chi connectivity index (χ4n) is 3.37. The Morgan fingerprint density at radius 2 is 1.97 bits per heavy atom. The summed E-state index contributed by atoms with van der Waals surface area (Å²) in [4.78, 5) is 38.9. The van der Waals surface area contributed by atoms with Gasteiger partial charge in [-0.05, 0) is 11.6 Å². The zero-order valence-electron chi connectivity index (χ0n) is 17.6. The molecule has 3 aromatic rings. The van der Waals surface area contributed by atoms with Crippen LogP contribution >= 0.6 is 11.6 Å². The summed E-state index contributed by atoms with van der Waals surface area (Å²) in [6.45, 7) is 1.94. The van der Waals surface area contributed by atoms with E-state index in [1.165, 1.54) is 24.0 Å². The highest BCUT2D eigenvalue weighted by Crippen LogP contribution is 2.37. The van der Waals surface area contributed by atoms with E-state index in [1.54, 1.807) is 0 Å². The van der Waals surface area contributed by atoms with Crippen molar-refractivity contribution in [3.8, 4) is 0 Å². The van der Waals surface area contributed by atoms with Gasteiger partial charge in [0.15, 0.2) is 29.9 Å². The molecule has 1 saturated heterocycles. The van der Waals surface area contributed by atoms with Gasteiger partial charge in [-0.2, -0.15) is 18.4 Å². The van der Waals surface area contributed by atoms with Gasteiger partial charge < -0.3 is 19.9 Å². The van der Waals surface area contributed by atoms with Crippen LogP contribution in [-0.2, 0) is 38.3 Å². The molecule has 4 atom stereocenters. The first-order valence-electron chi connectivity index (χ1n) is 9.60. The van der Waals surface area contributed by atoms with Crippen LogP contribution in [0.5, 0.6) is 0 Å². The third-order valence-corrected chi connectivity index (χ3v) is 6.07. The van der Waals surface area contributed by atoms with Crippen LogP contribution in [-0.4, -0.2) is 73.8 Å². The number of nitrogens with two attached hydrogens (primary N) is 1. The van der Waals surface area contributed by atoms with E-state index >= 15 is 0 Å². The van der Waals surface area contributed by atoms with Gasteiger partial charge in [-0.15, -0.1) is 0 Å². The third-order valence-electron chi connectivity index (χ3n) is 4.70. The minimum atomic E-state index is -4.46. The molecule has 0 bridgehead atoms. The zero-order chi connectivity index (χ0) is 24.6. The van der Waals surface area contributed by atoms with Gasteiger partial charge >= 0.3 is 22.2 Å². The summed E-state index contributed by atoms with van der Waals surface area (Å²) in [6, 6.07) is 0. The molecule has 4 heterocycles. The molecule has 17 heteroatoms. The second-order valence-corrected chi connectivity index (χ2v) is 8.86. The van der Waals surface area contributed by atoms with Crippen LogP contribution in [0.1, 0.15) is 20.1 Å². The summed E-state index contributed by atoms with van der Waals surface area (Å²) in [5, 5.41) is -0.193. The molecule has 0 radical (unpaired) electrons. The van der Waals surface area contributed by atoms with Gasteiger partial charge in [-0.1, -0.05) is 0 Å². The number of nitrogen functional groups attached to an aromatic ring is 1. The predicted octanol–water partition coefficient (Wildman–Crippen LogP) is -0.171. The highest BCUT2D eigenvalue weighted by atomic mass is 35.5. The molecule has 1 aliphatic rings. The Balaban J connectivity index is 1.80. The van der Waals surface area contributed by atoms with Crippen molar-refractivity contribution in [3.63, 3.8) is 0 Å². The number of nitrogens with zero attached hydrogens (tertiary/aromatic N) is 6. The number of anilines is 1. The highest BCUT2D eigenvalue weighted by molar-refractivity contribution is 7.85. The first-order chi connectivity index (χ1) is 16.1. The first kappa shape index (κ1) is 23.8. The van der Waals surface area contributed by atoms with Gasteiger partial charge in [-0.3, -0.25) is 14.2 Å². The van der Waals surface area contributed by atoms with Crippen LogP contribution in [0.25, 0.3) is 11.2 Å². The van der Waals surface area contributed by atoms with Gasteiger partial charge in [-0.25, -0.2) is 18.1 Å². The monoisotopic (exact) mass is 515 g/mol. The first-order valence-corrected chi connectivity index (χ1v) is 11.3. The number of esters is 2. The predicted molar refractivity (Wildman–Crippen MR) is 112 cm³/mol. The summed E-state index contributed by atoms with van der Waals surface area (Å²) in [5.41, 5.74) is 6.12. The van der Waals surface area contributed by atoms with Crippen molar-refractivity contribution in [2.24, 2.45) is 0 Å². The minimum absolute atomic E-state index is 0.0248. The summed E-state index contributed by atoms with van der Waals surface area (Å²) in [5.74, 6) is -1.40. The molecule has 0 aliphatic carbocycles. The highest BCUT2D eigenvalue weighted by Gasteiger charge is 2.52. The number of rotatable bonds is 7. The van der Waals surface area contributed by atoms with Gasteiger partial charge in [0.1, 0.15) is 24.6 Å². The van der Waals surface area contributed by atoms with Crippen molar-refractivity contribution in [3.05, 3.63) is 30.3 Å². The van der Waals surface area contributed by atoms with Crippen LogP contribution in [0.3, 0.4) is 0 Å². The van der Waals surface area contributed by atoms with E-state index in [9.17, 15) is 18.0 Å². The number of imidazole rings is 2. The van der Waals surface area contributed by atoms with E-state index in [0.717, 1.165) is 23.4 Å². The van der Waals surface area contributed by atoms with Crippen molar-refractivity contribution in [1.82, 2.24) is 28.5 Å². The molecule has 3 aromatic heterocycles. The number of carbonyl (C=O) groups excluding carboxylic acids is 2. The second-order valence-electron chi connectivity index (χ2n) is 7.05. The van der Waals surface area contributed by atoms with E-state index in [0.29, 0.717) is 0 Å². The maximum absolute atomic E-state index is 12.9. The van der Waals surface area contributed by atoms with Crippen LogP contribution < -0.4 is 5.73 Å². The molecule has 4 rings (SSSR count). The summed E-state index contributed by atoms with van der Waals surface area (Å²) in [7, 11) is -4.46. The Bertz CT molecular complexity index is 1330. The third kappa shape index (κ3) is 4.65. The topological polar surface area (TPSA) is 193 Å². The Morgan fingerprint density at radius 1 is 1.21 bits per heavy atom. The molecule has 0 spiro atoms. The summed E-state index contributed by atoms with van der Waals surface area (Å²) in [6.07, 6.45) is -0.504. The molecule has 182 valence electrons. The normalized spacial score (nSPS) is 22.7. The Morgan fingerprint density at radius 3 is 2.62 bits per heavy atom. The Hall–Kier alpha value is -3.34. The molecule has 15 nitrogen and oxygen atoms in total. The van der Waals surface area contributed by atoms with Gasteiger partial charge in [0.05, 0.1) is 6.33 Å². The zero-order valence-corrected chi connectivity index (χ0v) is 19.2. The van der Waals surface area contributed by atoms with Gasteiger partial charge in [0.25, 0.3) is 0 Å². The Labute approximate surface area is 197 Å². The van der Waals surface area contributed by atoms with Gasteiger partial charge in [0, 0.05) is 26.2 Å². The molecule has 0 amide bonds. The lowest BCUT2D eigenvalue weighted by Gasteiger charge is -2.24. The molecule has 34 heavy (non-hydrogen) atoms. The lowest BCUT2D eigenvalue weighted by molar-refractivity contribution is -0.156. The van der Waals surface area contributed by atoms with E-state index in [2.05, 4.69) is 19.9 Å². The van der Waals surface area contributed by atoms with Crippen molar-refractivity contribution >= 4 is 50.8 Å². The number of halogens is 1. The molecule has 1 fully saturated rings. The molecule has 0 unspecified atom stereocenters. The molecule has 0 saturated carbocycles. The number of hydrogen-bond donors (Lipinski definition) is 1. The standard InChI is InChI=1S/C17H18ClN7O8S/c1-8(26)30-5-10-12(31-9(2)27)13(33-34(28,29)24-4-3-20-6-24)16(32-10)25-7-21-11-14(19)22-17(18)23-15(11)25/h3-4,6-7,10,12-13,16H,5H2,1-2H3,(H2,19,22,23)/t10-,12-,13-,16-/m1/s1. The molecule has 0 aromatic carbocycles. The summed E-state index contributed by atoms with van der Waals surface area (Å²) < 4.78 is 49.5. The number of ether oxygens (including phenoxy) is 3. The fraction of sp³-hybridized carbons (Fsp3) is 0.412. The van der Waals surface area contributed by atoms with Crippen LogP contribution in [0.15, 0.2) is 25.0 Å². The minimum Gasteiger partial charge on any atom is -0.463 e. The average Bonchev–Trinajstić information content (AvgIpc) is 3.47. The Kier molecular flexibility index (Phi) is 6.39. The van der Waals surface area contributed by atoms with Crippen LogP contribution in [0.4, 0.5) is 5.82 Å². The quantitative estimate of drug-likeness (QED) is 0.322. The van der Waals surface area contributed by atoms with Crippen molar-refractivity contribution < 1.29 is 36.4 Å².